The minimum Gasteiger partial charge on any atom is -0.313 e. The fraction of sp³-hybridized carbons (Fsp3) is 0.125. The Morgan fingerprint density at radius 1 is 1.62 bits per heavy atom. The number of aromatic amines is 1. The highest BCUT2D eigenvalue weighted by atomic mass is 16.2. The lowest BCUT2D eigenvalue weighted by Crippen LogP contribution is -2.36. The largest absolute Gasteiger partial charge is 0.328 e. The van der Waals surface area contributed by atoms with Gasteiger partial charge in [0.25, 0.3) is 5.56 Å². The Morgan fingerprint density at radius 2 is 2.31 bits per heavy atom. The zero-order valence-corrected chi connectivity index (χ0v) is 6.74. The molecule has 5 heteroatoms. The van der Waals surface area contributed by atoms with Gasteiger partial charge in [0, 0.05) is 12.7 Å². The van der Waals surface area contributed by atoms with Crippen LogP contribution in [0.5, 0.6) is 0 Å². The smallest absolute Gasteiger partial charge is 0.313 e. The first-order chi connectivity index (χ1) is 6.20. The minimum absolute atomic E-state index is 0.0731. The van der Waals surface area contributed by atoms with Crippen LogP contribution in [0.15, 0.2) is 28.4 Å². The lowest BCUT2D eigenvalue weighted by molar-refractivity contribution is 0.560. The average Bonchev–Trinajstić information content (AvgIpc) is 2.12. The number of carbonyl (C=O) groups excluding carboxylic acids is 1. The summed E-state index contributed by atoms with van der Waals surface area (Å²) >= 11 is 0. The Bertz CT molecular complexity index is 441. The van der Waals surface area contributed by atoms with Crippen LogP contribution >= 0.6 is 0 Å². The molecule has 67 valence electrons. The van der Waals surface area contributed by atoms with Gasteiger partial charge in [0.1, 0.15) is 5.56 Å². The van der Waals surface area contributed by atoms with E-state index >= 15 is 0 Å². The second kappa shape index (κ2) is 3.66. The molecule has 0 spiro atoms. The van der Waals surface area contributed by atoms with Crippen molar-refractivity contribution in [2.24, 2.45) is 0 Å². The lowest BCUT2D eigenvalue weighted by atomic mass is 10.4. The van der Waals surface area contributed by atoms with Crippen LogP contribution in [0.2, 0.25) is 0 Å². The summed E-state index contributed by atoms with van der Waals surface area (Å²) < 4.78 is 0.868. The highest BCUT2D eigenvalue weighted by Gasteiger charge is 2.04. The van der Waals surface area contributed by atoms with Crippen molar-refractivity contribution in [3.63, 3.8) is 0 Å². The van der Waals surface area contributed by atoms with Crippen LogP contribution in [0.3, 0.4) is 0 Å². The van der Waals surface area contributed by atoms with Gasteiger partial charge in [-0.3, -0.25) is 14.2 Å². The number of allylic oxidation sites excluding steroid dienone is 1. The van der Waals surface area contributed by atoms with E-state index in [0.717, 1.165) is 10.8 Å². The summed E-state index contributed by atoms with van der Waals surface area (Å²) in [4.78, 5) is 34.7. The van der Waals surface area contributed by atoms with Crippen molar-refractivity contribution in [1.29, 1.82) is 0 Å². The molecular formula is C8H7N2O3. The van der Waals surface area contributed by atoms with Gasteiger partial charge in [-0.1, -0.05) is 6.08 Å². The molecule has 0 bridgehead atoms. The molecule has 0 aliphatic heterocycles. The Balaban J connectivity index is 3.47. The Hall–Kier alpha value is -1.91. The third kappa shape index (κ3) is 1.64. The van der Waals surface area contributed by atoms with Gasteiger partial charge in [0.15, 0.2) is 0 Å². The molecule has 1 radical (unpaired) electrons. The van der Waals surface area contributed by atoms with E-state index in [-0.39, 0.29) is 12.1 Å². The van der Waals surface area contributed by atoms with E-state index in [1.165, 1.54) is 12.4 Å². The molecule has 0 fully saturated rings. The molecule has 0 aliphatic rings. The van der Waals surface area contributed by atoms with Crippen LogP contribution in [0.25, 0.3) is 0 Å². The third-order valence-electron chi connectivity index (χ3n) is 1.48. The van der Waals surface area contributed by atoms with Gasteiger partial charge < -0.3 is 4.98 Å². The number of hydrogen-bond donors (Lipinski definition) is 1. The second-order valence-electron chi connectivity index (χ2n) is 2.31. The molecule has 1 rings (SSSR count). The number of H-pyrrole nitrogens is 1. The predicted molar refractivity (Wildman–Crippen MR) is 46.3 cm³/mol. The van der Waals surface area contributed by atoms with Crippen molar-refractivity contribution >= 4 is 6.29 Å². The van der Waals surface area contributed by atoms with Gasteiger partial charge in [-0.2, -0.15) is 0 Å². The van der Waals surface area contributed by atoms with Gasteiger partial charge >= 0.3 is 5.69 Å². The zero-order chi connectivity index (χ0) is 9.84. The SMILES string of the molecule is C=CCn1c(=O)[nH]cc([C]=O)c1=O. The number of nitrogens with zero attached hydrogens (tertiary/aromatic N) is 1. The van der Waals surface area contributed by atoms with Crippen LogP contribution in [-0.4, -0.2) is 15.8 Å². The molecular weight excluding hydrogens is 172 g/mol. The topological polar surface area (TPSA) is 71.9 Å². The van der Waals surface area contributed by atoms with E-state index in [0.29, 0.717) is 0 Å². The fourth-order valence-electron chi connectivity index (χ4n) is 0.879. The van der Waals surface area contributed by atoms with E-state index in [2.05, 4.69) is 11.6 Å². The van der Waals surface area contributed by atoms with Crippen molar-refractivity contribution in [3.05, 3.63) is 45.3 Å². The third-order valence-corrected chi connectivity index (χ3v) is 1.48. The van der Waals surface area contributed by atoms with Crippen LogP contribution in [-0.2, 0) is 11.3 Å². The first-order valence-electron chi connectivity index (χ1n) is 3.52. The van der Waals surface area contributed by atoms with E-state index in [1.807, 2.05) is 0 Å². The van der Waals surface area contributed by atoms with Crippen LogP contribution < -0.4 is 11.2 Å². The van der Waals surface area contributed by atoms with Crippen molar-refractivity contribution in [2.45, 2.75) is 6.54 Å². The highest BCUT2D eigenvalue weighted by molar-refractivity contribution is 5.73. The molecule has 1 aromatic rings. The first-order valence-corrected chi connectivity index (χ1v) is 3.52. The second-order valence-corrected chi connectivity index (χ2v) is 2.31. The maximum absolute atomic E-state index is 11.2. The van der Waals surface area contributed by atoms with Gasteiger partial charge in [-0.25, -0.2) is 4.79 Å². The Labute approximate surface area is 73.3 Å². The maximum Gasteiger partial charge on any atom is 0.328 e. The molecule has 1 N–H and O–H groups in total. The number of nitrogens with one attached hydrogen (secondary N) is 1. The monoisotopic (exact) mass is 179 g/mol. The summed E-state index contributed by atoms with van der Waals surface area (Å²) in [5.74, 6) is 0. The van der Waals surface area contributed by atoms with Gasteiger partial charge in [0.05, 0.1) is 0 Å². The molecule has 13 heavy (non-hydrogen) atoms. The number of aromatic nitrogens is 2. The van der Waals surface area contributed by atoms with Gasteiger partial charge in [-0.05, 0) is 0 Å². The van der Waals surface area contributed by atoms with E-state index in [1.54, 1.807) is 0 Å². The molecule has 0 atom stereocenters. The van der Waals surface area contributed by atoms with E-state index < -0.39 is 11.2 Å². The molecule has 0 saturated carbocycles. The summed E-state index contributed by atoms with van der Waals surface area (Å²) in [6.45, 7) is 3.46. The molecule has 0 aliphatic carbocycles. The molecule has 1 heterocycles. The molecule has 0 saturated heterocycles. The van der Waals surface area contributed by atoms with Gasteiger partial charge in [0.2, 0.25) is 6.29 Å². The quantitative estimate of drug-likeness (QED) is 0.616. The number of hydrogen-bond acceptors (Lipinski definition) is 3. The first kappa shape index (κ1) is 9.18. The Kier molecular flexibility index (Phi) is 2.59. The van der Waals surface area contributed by atoms with E-state index in [9.17, 15) is 14.4 Å². The van der Waals surface area contributed by atoms with Crippen LogP contribution in [0, 0.1) is 0 Å². The van der Waals surface area contributed by atoms with Crippen molar-refractivity contribution in [1.82, 2.24) is 9.55 Å². The zero-order valence-electron chi connectivity index (χ0n) is 6.74. The minimum atomic E-state index is -0.654. The molecule has 1 aromatic heterocycles. The van der Waals surface area contributed by atoms with E-state index in [4.69, 9.17) is 0 Å². The highest BCUT2D eigenvalue weighted by Crippen LogP contribution is 1.79. The molecule has 0 unspecified atom stereocenters. The summed E-state index contributed by atoms with van der Waals surface area (Å²) in [5.41, 5.74) is -1.41. The van der Waals surface area contributed by atoms with Crippen molar-refractivity contribution < 1.29 is 4.79 Å². The van der Waals surface area contributed by atoms with Crippen molar-refractivity contribution in [2.75, 3.05) is 0 Å². The Morgan fingerprint density at radius 3 is 2.85 bits per heavy atom. The number of rotatable bonds is 3. The fourth-order valence-corrected chi connectivity index (χ4v) is 0.879. The molecule has 0 aromatic carbocycles. The average molecular weight is 179 g/mol. The lowest BCUT2D eigenvalue weighted by Gasteiger charge is -1.98. The summed E-state index contributed by atoms with van der Waals surface area (Å²) in [6.07, 6.45) is 3.87. The van der Waals surface area contributed by atoms with Crippen molar-refractivity contribution in [3.8, 4) is 0 Å². The summed E-state index contributed by atoms with van der Waals surface area (Å²) in [5, 5.41) is 0. The maximum atomic E-state index is 11.2. The van der Waals surface area contributed by atoms with Crippen LogP contribution in [0.4, 0.5) is 0 Å². The predicted octanol–water partition coefficient (Wildman–Crippen LogP) is -0.820. The summed E-state index contributed by atoms with van der Waals surface area (Å²) in [7, 11) is 0. The van der Waals surface area contributed by atoms with Crippen LogP contribution in [0.1, 0.15) is 5.56 Å². The molecule has 5 nitrogen and oxygen atoms in total. The summed E-state index contributed by atoms with van der Waals surface area (Å²) in [6, 6.07) is 0. The molecule has 0 amide bonds. The van der Waals surface area contributed by atoms with Gasteiger partial charge in [-0.15, -0.1) is 6.58 Å². The standard InChI is InChI=1S/C8H7N2O3/c1-2-3-10-7(12)6(5-11)4-9-8(10)13/h2,4H,1,3H2,(H,9,13). The normalized spacial score (nSPS) is 9.54.